The van der Waals surface area contributed by atoms with Crippen molar-refractivity contribution in [3.8, 4) is 5.75 Å². The fourth-order valence-corrected chi connectivity index (χ4v) is 2.78. The maximum Gasteiger partial charge on any atom is 0.174 e. The maximum absolute atomic E-state index is 12.1. The highest BCUT2D eigenvalue weighted by Gasteiger charge is 2.32. The van der Waals surface area contributed by atoms with Crippen molar-refractivity contribution in [3.05, 3.63) is 40.5 Å². The Labute approximate surface area is 122 Å². The summed E-state index contributed by atoms with van der Waals surface area (Å²) in [5, 5.41) is 0.412. The van der Waals surface area contributed by atoms with Gasteiger partial charge in [0.25, 0.3) is 0 Å². The molecule has 1 aliphatic rings. The third-order valence-corrected chi connectivity index (χ3v) is 3.80. The lowest BCUT2D eigenvalue weighted by atomic mass is 9.97. The van der Waals surface area contributed by atoms with Crippen molar-refractivity contribution in [2.45, 2.75) is 19.4 Å². The van der Waals surface area contributed by atoms with Crippen LogP contribution in [-0.4, -0.2) is 24.9 Å². The monoisotopic (exact) mass is 292 g/mol. The van der Waals surface area contributed by atoms with Gasteiger partial charge in [0.2, 0.25) is 0 Å². The van der Waals surface area contributed by atoms with E-state index in [1.165, 1.54) is 18.7 Å². The summed E-state index contributed by atoms with van der Waals surface area (Å²) in [5.74, 6) is 0.349. The van der Waals surface area contributed by atoms with Crippen LogP contribution in [0.3, 0.4) is 0 Å². The van der Waals surface area contributed by atoms with E-state index >= 15 is 0 Å². The van der Waals surface area contributed by atoms with E-state index in [2.05, 4.69) is 0 Å². The summed E-state index contributed by atoms with van der Waals surface area (Å²) in [5.41, 5.74) is 1.08. The van der Waals surface area contributed by atoms with E-state index in [9.17, 15) is 9.59 Å². The molecule has 1 aromatic rings. The van der Waals surface area contributed by atoms with Crippen molar-refractivity contribution in [2.75, 3.05) is 13.4 Å². The molecular formula is C15H16O4S. The molecule has 0 fully saturated rings. The van der Waals surface area contributed by atoms with Crippen LogP contribution in [0.5, 0.6) is 5.75 Å². The van der Waals surface area contributed by atoms with Gasteiger partial charge in [0, 0.05) is 0 Å². The normalized spacial score (nSPS) is 18.8. The summed E-state index contributed by atoms with van der Waals surface area (Å²) in [6, 6.07) is 7.39. The van der Waals surface area contributed by atoms with Gasteiger partial charge in [0.1, 0.15) is 17.4 Å². The molecule has 0 saturated heterocycles. The van der Waals surface area contributed by atoms with E-state index < -0.39 is 0 Å². The molecule has 0 saturated carbocycles. The Morgan fingerprint density at radius 1 is 1.35 bits per heavy atom. The highest BCUT2D eigenvalue weighted by Crippen LogP contribution is 2.36. The van der Waals surface area contributed by atoms with Crippen LogP contribution in [0.15, 0.2) is 34.9 Å². The lowest BCUT2D eigenvalue weighted by molar-refractivity contribution is -0.123. The average molecular weight is 292 g/mol. The van der Waals surface area contributed by atoms with Crippen LogP contribution in [0.2, 0.25) is 0 Å². The van der Waals surface area contributed by atoms with Crippen molar-refractivity contribution in [1.29, 1.82) is 0 Å². The molecule has 1 atom stereocenters. The molecule has 0 aromatic heterocycles. The first-order chi connectivity index (χ1) is 9.56. The molecule has 4 nitrogen and oxygen atoms in total. The molecule has 5 heteroatoms. The van der Waals surface area contributed by atoms with Gasteiger partial charge < -0.3 is 9.47 Å². The van der Waals surface area contributed by atoms with Gasteiger partial charge in [-0.2, -0.15) is 0 Å². The number of methoxy groups -OCH3 is 1. The van der Waals surface area contributed by atoms with Crippen molar-refractivity contribution >= 4 is 23.3 Å². The van der Waals surface area contributed by atoms with Gasteiger partial charge in [-0.1, -0.05) is 23.9 Å². The molecule has 0 bridgehead atoms. The van der Waals surface area contributed by atoms with Gasteiger partial charge in [0.15, 0.2) is 16.7 Å². The summed E-state index contributed by atoms with van der Waals surface area (Å²) in [4.78, 5) is 23.6. The summed E-state index contributed by atoms with van der Waals surface area (Å²) in [6.45, 7) is 1.39. The Kier molecular flexibility index (Phi) is 4.49. The van der Waals surface area contributed by atoms with Crippen LogP contribution >= 0.6 is 11.8 Å². The summed E-state index contributed by atoms with van der Waals surface area (Å²) in [6.07, 6.45) is 1.63. The number of ether oxygens (including phenoxy) is 2. The number of allylic oxidation sites excluding steroid dienone is 1. The molecule has 0 aliphatic carbocycles. The smallest absolute Gasteiger partial charge is 0.174 e. The molecule has 0 amide bonds. The predicted octanol–water partition coefficient (Wildman–Crippen LogP) is 2.89. The number of benzene rings is 1. The number of Topliss-reactive ketones (excluding diaryl/α,β-unsaturated/α-hetero) is 2. The Hall–Kier alpha value is -1.75. The Bertz CT molecular complexity index is 560. The molecule has 1 unspecified atom stereocenters. The molecule has 1 aliphatic heterocycles. The fourth-order valence-electron chi connectivity index (χ4n) is 2.11. The van der Waals surface area contributed by atoms with Gasteiger partial charge in [-0.3, -0.25) is 9.59 Å². The number of hydrogen-bond acceptors (Lipinski definition) is 5. The van der Waals surface area contributed by atoms with Gasteiger partial charge in [-0.15, -0.1) is 0 Å². The summed E-state index contributed by atoms with van der Waals surface area (Å²) < 4.78 is 10.9. The molecule has 20 heavy (non-hydrogen) atoms. The van der Waals surface area contributed by atoms with E-state index in [1.54, 1.807) is 13.4 Å². The SMILES string of the molecule is COc1ccc(C2CC(=O)C(C(C)=O)=C(SC)O2)cc1. The quantitative estimate of drug-likeness (QED) is 0.799. The van der Waals surface area contributed by atoms with Gasteiger partial charge in [-0.05, 0) is 30.9 Å². The van der Waals surface area contributed by atoms with Gasteiger partial charge in [0.05, 0.1) is 13.5 Å². The van der Waals surface area contributed by atoms with E-state index in [0.717, 1.165) is 11.3 Å². The second-order valence-corrected chi connectivity index (χ2v) is 5.21. The number of ketones is 2. The van der Waals surface area contributed by atoms with Crippen molar-refractivity contribution in [3.63, 3.8) is 0 Å². The zero-order valence-corrected chi connectivity index (χ0v) is 12.5. The molecular weight excluding hydrogens is 276 g/mol. The number of rotatable bonds is 4. The minimum absolute atomic E-state index is 0.158. The minimum Gasteiger partial charge on any atom is -0.497 e. The highest BCUT2D eigenvalue weighted by atomic mass is 32.2. The van der Waals surface area contributed by atoms with Crippen LogP contribution in [0.1, 0.15) is 25.0 Å². The van der Waals surface area contributed by atoms with Crippen LogP contribution in [0.25, 0.3) is 0 Å². The minimum atomic E-state index is -0.348. The van der Waals surface area contributed by atoms with Gasteiger partial charge in [-0.25, -0.2) is 0 Å². The lowest BCUT2D eigenvalue weighted by Gasteiger charge is -2.26. The molecule has 0 N–H and O–H groups in total. The molecule has 0 radical (unpaired) electrons. The van der Waals surface area contributed by atoms with Crippen LogP contribution in [-0.2, 0) is 14.3 Å². The Morgan fingerprint density at radius 2 is 2.00 bits per heavy atom. The molecule has 1 heterocycles. The Balaban J connectivity index is 2.29. The van der Waals surface area contributed by atoms with E-state index in [-0.39, 0.29) is 29.7 Å². The zero-order chi connectivity index (χ0) is 14.7. The van der Waals surface area contributed by atoms with Crippen LogP contribution in [0.4, 0.5) is 0 Å². The van der Waals surface area contributed by atoms with E-state index in [1.807, 2.05) is 24.3 Å². The van der Waals surface area contributed by atoms with Gasteiger partial charge >= 0.3 is 0 Å². The van der Waals surface area contributed by atoms with Crippen LogP contribution in [0, 0.1) is 0 Å². The van der Waals surface area contributed by atoms with E-state index in [0.29, 0.717) is 5.09 Å². The lowest BCUT2D eigenvalue weighted by Crippen LogP contribution is -2.23. The first-order valence-corrected chi connectivity index (χ1v) is 7.42. The largest absolute Gasteiger partial charge is 0.497 e. The third kappa shape index (κ3) is 2.88. The first kappa shape index (κ1) is 14.7. The standard InChI is InChI=1S/C15H16O4S/c1-9(16)14-12(17)8-13(19-15(14)20-3)10-4-6-11(18-2)7-5-10/h4-7,13H,8H2,1-3H3. The molecule has 1 aromatic carbocycles. The molecule has 2 rings (SSSR count). The summed E-state index contributed by atoms with van der Waals surface area (Å²) in [7, 11) is 1.60. The number of carbonyl (C=O) groups is 2. The maximum atomic E-state index is 12.1. The average Bonchev–Trinajstić information content (AvgIpc) is 2.46. The highest BCUT2D eigenvalue weighted by molar-refractivity contribution is 8.02. The Morgan fingerprint density at radius 3 is 2.50 bits per heavy atom. The first-order valence-electron chi connectivity index (χ1n) is 6.19. The number of thioether (sulfide) groups is 1. The van der Waals surface area contributed by atoms with E-state index in [4.69, 9.17) is 9.47 Å². The second kappa shape index (κ2) is 6.13. The van der Waals surface area contributed by atoms with Crippen molar-refractivity contribution in [2.24, 2.45) is 0 Å². The second-order valence-electron chi connectivity index (χ2n) is 4.43. The number of carbonyl (C=O) groups excluding carboxylic acids is 2. The zero-order valence-electron chi connectivity index (χ0n) is 11.6. The molecule has 0 spiro atoms. The van der Waals surface area contributed by atoms with Crippen LogP contribution < -0.4 is 4.74 Å². The topological polar surface area (TPSA) is 52.6 Å². The van der Waals surface area contributed by atoms with Crippen molar-refractivity contribution in [1.82, 2.24) is 0 Å². The molecule has 106 valence electrons. The fraction of sp³-hybridized carbons (Fsp3) is 0.333. The number of hydrogen-bond donors (Lipinski definition) is 0. The van der Waals surface area contributed by atoms with Crippen molar-refractivity contribution < 1.29 is 19.1 Å². The summed E-state index contributed by atoms with van der Waals surface area (Å²) >= 11 is 1.28. The third-order valence-electron chi connectivity index (χ3n) is 3.13. The predicted molar refractivity (Wildman–Crippen MR) is 77.7 cm³/mol.